The number of amidine groups is 1. The number of hydrogen-bond donors (Lipinski definition) is 2. The third kappa shape index (κ3) is 2.56. The first-order valence-electron chi connectivity index (χ1n) is 5.72. The Morgan fingerprint density at radius 1 is 1.40 bits per heavy atom. The van der Waals surface area contributed by atoms with E-state index in [9.17, 15) is 10.1 Å². The van der Waals surface area contributed by atoms with E-state index in [4.69, 9.17) is 15.9 Å². The molecule has 0 atom stereocenters. The maximum atomic E-state index is 11.0. The van der Waals surface area contributed by atoms with Crippen molar-refractivity contribution in [2.45, 2.75) is 6.92 Å². The molecule has 0 saturated heterocycles. The first-order valence-corrected chi connectivity index (χ1v) is 5.72. The van der Waals surface area contributed by atoms with Gasteiger partial charge in [0.05, 0.1) is 10.5 Å². The molecule has 0 spiro atoms. The highest BCUT2D eigenvalue weighted by atomic mass is 16.6. The molecule has 0 radical (unpaired) electrons. The number of pyridine rings is 1. The van der Waals surface area contributed by atoms with E-state index < -0.39 is 4.92 Å². The lowest BCUT2D eigenvalue weighted by molar-refractivity contribution is -0.385. The minimum atomic E-state index is -0.529. The van der Waals surface area contributed by atoms with Gasteiger partial charge >= 0.3 is 5.69 Å². The van der Waals surface area contributed by atoms with Gasteiger partial charge in [-0.15, -0.1) is 0 Å². The fraction of sp³-hybridized carbons (Fsp3) is 0.0769. The fourth-order valence-electron chi connectivity index (χ4n) is 1.69. The minimum Gasteiger partial charge on any atom is -0.431 e. The highest BCUT2D eigenvalue weighted by Gasteiger charge is 2.20. The fourth-order valence-corrected chi connectivity index (χ4v) is 1.69. The number of para-hydroxylation sites is 1. The molecule has 2 aromatic rings. The summed E-state index contributed by atoms with van der Waals surface area (Å²) in [5.74, 6) is -0.0552. The van der Waals surface area contributed by atoms with Crippen LogP contribution in [0.15, 0.2) is 36.5 Å². The summed E-state index contributed by atoms with van der Waals surface area (Å²) in [5.41, 5.74) is 6.15. The van der Waals surface area contributed by atoms with Crippen molar-refractivity contribution in [2.24, 2.45) is 5.73 Å². The molecule has 1 aromatic heterocycles. The van der Waals surface area contributed by atoms with Crippen LogP contribution in [-0.4, -0.2) is 15.7 Å². The molecule has 0 saturated carbocycles. The van der Waals surface area contributed by atoms with Crippen molar-refractivity contribution in [3.8, 4) is 11.6 Å². The molecule has 0 aliphatic carbocycles. The van der Waals surface area contributed by atoms with Crippen LogP contribution in [0.2, 0.25) is 0 Å². The first kappa shape index (κ1) is 13.5. The van der Waals surface area contributed by atoms with Gasteiger partial charge in [0.1, 0.15) is 5.84 Å². The zero-order valence-corrected chi connectivity index (χ0v) is 10.7. The van der Waals surface area contributed by atoms with Gasteiger partial charge in [-0.05, 0) is 24.6 Å². The van der Waals surface area contributed by atoms with E-state index in [0.29, 0.717) is 5.56 Å². The van der Waals surface area contributed by atoms with Crippen LogP contribution in [0.5, 0.6) is 11.6 Å². The Hall–Kier alpha value is -2.96. The largest absolute Gasteiger partial charge is 0.431 e. The molecule has 0 unspecified atom stereocenters. The monoisotopic (exact) mass is 272 g/mol. The number of benzene rings is 1. The van der Waals surface area contributed by atoms with Gasteiger partial charge in [0.15, 0.2) is 0 Å². The molecule has 2 rings (SSSR count). The van der Waals surface area contributed by atoms with Gasteiger partial charge in [-0.2, -0.15) is 0 Å². The number of nitrogens with two attached hydrogens (primary N) is 1. The SMILES string of the molecule is Cc1cccc([N+](=O)[O-])c1Oc1ncccc1C(=N)N. The maximum absolute atomic E-state index is 11.0. The smallest absolute Gasteiger partial charge is 0.311 e. The Morgan fingerprint density at radius 2 is 2.15 bits per heavy atom. The zero-order valence-electron chi connectivity index (χ0n) is 10.7. The highest BCUT2D eigenvalue weighted by Crippen LogP contribution is 2.34. The van der Waals surface area contributed by atoms with Crippen LogP contribution >= 0.6 is 0 Å². The molecule has 3 N–H and O–H groups in total. The van der Waals surface area contributed by atoms with Gasteiger partial charge in [0.25, 0.3) is 0 Å². The van der Waals surface area contributed by atoms with Crippen LogP contribution in [0, 0.1) is 22.4 Å². The van der Waals surface area contributed by atoms with E-state index in [0.717, 1.165) is 0 Å². The number of nitrogens with zero attached hydrogens (tertiary/aromatic N) is 2. The van der Waals surface area contributed by atoms with Gasteiger partial charge in [-0.3, -0.25) is 15.5 Å². The number of hydrogen-bond acceptors (Lipinski definition) is 5. The van der Waals surface area contributed by atoms with Gasteiger partial charge < -0.3 is 10.5 Å². The second-order valence-electron chi connectivity index (χ2n) is 4.05. The molecule has 20 heavy (non-hydrogen) atoms. The lowest BCUT2D eigenvalue weighted by Gasteiger charge is -2.10. The predicted molar refractivity (Wildman–Crippen MR) is 73.2 cm³/mol. The molecule has 7 heteroatoms. The number of ether oxygens (including phenoxy) is 1. The Balaban J connectivity index is 2.51. The Bertz CT molecular complexity index is 685. The van der Waals surface area contributed by atoms with Crippen LogP contribution in [0.3, 0.4) is 0 Å². The zero-order chi connectivity index (χ0) is 14.7. The van der Waals surface area contributed by atoms with Gasteiger partial charge in [0, 0.05) is 12.3 Å². The molecule has 0 amide bonds. The summed E-state index contributed by atoms with van der Waals surface area (Å²) in [4.78, 5) is 14.5. The van der Waals surface area contributed by atoms with E-state index in [2.05, 4.69) is 4.98 Å². The van der Waals surface area contributed by atoms with Crippen molar-refractivity contribution in [3.05, 3.63) is 57.8 Å². The lowest BCUT2D eigenvalue weighted by atomic mass is 10.2. The summed E-state index contributed by atoms with van der Waals surface area (Å²) in [6, 6.07) is 7.78. The summed E-state index contributed by atoms with van der Waals surface area (Å²) in [7, 11) is 0. The molecule has 1 aromatic carbocycles. The number of aryl methyl sites for hydroxylation is 1. The predicted octanol–water partition coefficient (Wildman–Crippen LogP) is 2.37. The van der Waals surface area contributed by atoms with Crippen LogP contribution < -0.4 is 10.5 Å². The molecular weight excluding hydrogens is 260 g/mol. The number of nitro benzene ring substituents is 1. The summed E-state index contributed by atoms with van der Waals surface area (Å²) in [6.07, 6.45) is 1.46. The lowest BCUT2D eigenvalue weighted by Crippen LogP contribution is -2.13. The second-order valence-corrected chi connectivity index (χ2v) is 4.05. The van der Waals surface area contributed by atoms with Crippen molar-refractivity contribution < 1.29 is 9.66 Å². The number of nitrogen functional groups attached to an aromatic ring is 1. The average molecular weight is 272 g/mol. The molecule has 0 bridgehead atoms. The number of nitrogens with one attached hydrogen (secondary N) is 1. The molecule has 0 aliphatic heterocycles. The van der Waals surface area contributed by atoms with Crippen molar-refractivity contribution in [1.29, 1.82) is 5.41 Å². The van der Waals surface area contributed by atoms with E-state index in [-0.39, 0.29) is 28.7 Å². The Labute approximate surface area is 114 Å². The third-order valence-corrected chi connectivity index (χ3v) is 2.65. The number of aromatic nitrogens is 1. The van der Waals surface area contributed by atoms with E-state index in [1.165, 1.54) is 12.3 Å². The summed E-state index contributed by atoms with van der Waals surface area (Å²) < 4.78 is 5.52. The topological polar surface area (TPSA) is 115 Å². The molecular formula is C13H12N4O3. The van der Waals surface area contributed by atoms with E-state index >= 15 is 0 Å². The molecule has 102 valence electrons. The van der Waals surface area contributed by atoms with Crippen molar-refractivity contribution in [1.82, 2.24) is 4.98 Å². The summed E-state index contributed by atoms with van der Waals surface area (Å²) in [6.45, 7) is 1.69. The highest BCUT2D eigenvalue weighted by molar-refractivity contribution is 5.97. The number of nitro groups is 1. The van der Waals surface area contributed by atoms with Gasteiger partial charge in [0.2, 0.25) is 11.6 Å². The van der Waals surface area contributed by atoms with Gasteiger partial charge in [-0.25, -0.2) is 4.98 Å². The second kappa shape index (κ2) is 5.35. The molecule has 7 nitrogen and oxygen atoms in total. The minimum absolute atomic E-state index is 0.0670. The molecule has 0 fully saturated rings. The quantitative estimate of drug-likeness (QED) is 0.383. The van der Waals surface area contributed by atoms with Crippen molar-refractivity contribution in [3.63, 3.8) is 0 Å². The molecule has 1 heterocycles. The third-order valence-electron chi connectivity index (χ3n) is 2.65. The Kier molecular flexibility index (Phi) is 3.60. The normalized spacial score (nSPS) is 10.1. The summed E-state index contributed by atoms with van der Waals surface area (Å²) >= 11 is 0. The van der Waals surface area contributed by atoms with E-state index in [1.54, 1.807) is 31.2 Å². The summed E-state index contributed by atoms with van der Waals surface area (Å²) in [5, 5.41) is 18.5. The Morgan fingerprint density at radius 3 is 2.80 bits per heavy atom. The van der Waals surface area contributed by atoms with Crippen molar-refractivity contribution >= 4 is 11.5 Å². The first-order chi connectivity index (χ1) is 9.50. The van der Waals surface area contributed by atoms with Crippen molar-refractivity contribution in [2.75, 3.05) is 0 Å². The van der Waals surface area contributed by atoms with Crippen LogP contribution in [0.1, 0.15) is 11.1 Å². The van der Waals surface area contributed by atoms with Gasteiger partial charge in [-0.1, -0.05) is 12.1 Å². The molecule has 0 aliphatic rings. The maximum Gasteiger partial charge on any atom is 0.311 e. The van der Waals surface area contributed by atoms with E-state index in [1.807, 2.05) is 0 Å². The van der Waals surface area contributed by atoms with Crippen LogP contribution in [-0.2, 0) is 0 Å². The average Bonchev–Trinajstić information content (AvgIpc) is 2.41. The van der Waals surface area contributed by atoms with Crippen LogP contribution in [0.4, 0.5) is 5.69 Å². The standard InChI is InChI=1S/C13H12N4O3/c1-8-4-2-6-10(17(18)19)11(8)20-13-9(12(14)15)5-3-7-16-13/h2-7H,1H3,(H3,14,15). The number of rotatable bonds is 4. The van der Waals surface area contributed by atoms with Crippen LogP contribution in [0.25, 0.3) is 0 Å².